The van der Waals surface area contributed by atoms with Gasteiger partial charge in [0.1, 0.15) is 0 Å². The van der Waals surface area contributed by atoms with Gasteiger partial charge in [0.05, 0.1) is 6.54 Å². The van der Waals surface area contributed by atoms with E-state index >= 15 is 0 Å². The van der Waals surface area contributed by atoms with E-state index in [9.17, 15) is 9.59 Å². The fourth-order valence-electron chi connectivity index (χ4n) is 2.04. The first-order valence-electron chi connectivity index (χ1n) is 6.55. The maximum absolute atomic E-state index is 11.9. The lowest BCUT2D eigenvalue weighted by atomic mass is 10.2. The van der Waals surface area contributed by atoms with Crippen molar-refractivity contribution in [2.45, 2.75) is 13.5 Å². The molecule has 0 saturated carbocycles. The van der Waals surface area contributed by atoms with E-state index in [1.165, 1.54) is 6.92 Å². The topological polar surface area (TPSA) is 75.4 Å². The maximum Gasteiger partial charge on any atom is 0.316 e. The number of nitrogens with two attached hydrogens (primary N) is 1. The summed E-state index contributed by atoms with van der Waals surface area (Å²) >= 11 is 0. The molecule has 108 valence electrons. The molecule has 2 aromatic rings. The van der Waals surface area contributed by atoms with Gasteiger partial charge in [0, 0.05) is 18.3 Å². The zero-order valence-electron chi connectivity index (χ0n) is 11.7. The van der Waals surface area contributed by atoms with Crippen LogP contribution in [0.5, 0.6) is 0 Å². The van der Waals surface area contributed by atoms with E-state index in [2.05, 4.69) is 5.32 Å². The van der Waals surface area contributed by atoms with Gasteiger partial charge in [0.15, 0.2) is 0 Å². The highest BCUT2D eigenvalue weighted by molar-refractivity contribution is 5.93. The van der Waals surface area contributed by atoms with Gasteiger partial charge in [-0.3, -0.25) is 4.79 Å². The highest BCUT2D eigenvalue weighted by Crippen LogP contribution is 2.21. The van der Waals surface area contributed by atoms with Gasteiger partial charge < -0.3 is 16.0 Å². The Kier molecular flexibility index (Phi) is 4.56. The quantitative estimate of drug-likeness (QED) is 0.905. The number of benzene rings is 2. The number of nitrogens with one attached hydrogen (secondary N) is 1. The summed E-state index contributed by atoms with van der Waals surface area (Å²) in [6.07, 6.45) is 0. The Labute approximate surface area is 123 Å². The lowest BCUT2D eigenvalue weighted by Crippen LogP contribution is -2.28. The van der Waals surface area contributed by atoms with E-state index < -0.39 is 6.03 Å². The molecule has 0 heterocycles. The van der Waals surface area contributed by atoms with Gasteiger partial charge in [0.2, 0.25) is 5.91 Å². The predicted octanol–water partition coefficient (Wildman–Crippen LogP) is 2.73. The molecular formula is C16H17N3O2. The van der Waals surface area contributed by atoms with Crippen LogP contribution >= 0.6 is 0 Å². The van der Waals surface area contributed by atoms with E-state index in [-0.39, 0.29) is 5.91 Å². The van der Waals surface area contributed by atoms with Crippen molar-refractivity contribution < 1.29 is 9.59 Å². The molecule has 0 aliphatic heterocycles. The predicted molar refractivity (Wildman–Crippen MR) is 83.0 cm³/mol. The number of rotatable bonds is 4. The summed E-state index contributed by atoms with van der Waals surface area (Å²) in [5.74, 6) is -0.0740. The summed E-state index contributed by atoms with van der Waals surface area (Å²) in [5, 5.41) is 2.50. The van der Waals surface area contributed by atoms with Gasteiger partial charge in [-0.15, -0.1) is 0 Å². The molecule has 0 atom stereocenters. The monoisotopic (exact) mass is 283 g/mol. The molecule has 21 heavy (non-hydrogen) atoms. The Hall–Kier alpha value is -2.82. The molecule has 0 aromatic heterocycles. The highest BCUT2D eigenvalue weighted by Gasteiger charge is 2.12. The van der Waals surface area contributed by atoms with Gasteiger partial charge in [0.25, 0.3) is 0 Å². The Bertz CT molecular complexity index is 641. The molecular weight excluding hydrogens is 266 g/mol. The number of amides is 3. The second kappa shape index (κ2) is 6.56. The van der Waals surface area contributed by atoms with Crippen molar-refractivity contribution in [3.05, 3.63) is 60.2 Å². The number of hydrogen-bond donors (Lipinski definition) is 2. The summed E-state index contributed by atoms with van der Waals surface area (Å²) < 4.78 is 0. The smallest absolute Gasteiger partial charge is 0.316 e. The van der Waals surface area contributed by atoms with Crippen LogP contribution in [0, 0.1) is 0 Å². The second-order valence-corrected chi connectivity index (χ2v) is 4.63. The fraction of sp³-hybridized carbons (Fsp3) is 0.125. The Morgan fingerprint density at radius 1 is 1.10 bits per heavy atom. The number of nitrogens with zero attached hydrogens (tertiary/aromatic N) is 1. The minimum atomic E-state index is -0.635. The molecule has 2 rings (SSSR count). The zero-order chi connectivity index (χ0) is 15.2. The van der Waals surface area contributed by atoms with Crippen molar-refractivity contribution in [1.29, 1.82) is 0 Å². The maximum atomic E-state index is 11.9. The van der Waals surface area contributed by atoms with E-state index in [1.807, 2.05) is 36.4 Å². The fourth-order valence-corrected chi connectivity index (χ4v) is 2.04. The van der Waals surface area contributed by atoms with Crippen molar-refractivity contribution in [2.75, 3.05) is 10.2 Å². The molecule has 0 fully saturated rings. The van der Waals surface area contributed by atoms with Crippen LogP contribution in [-0.2, 0) is 11.3 Å². The average molecular weight is 283 g/mol. The molecule has 0 aliphatic rings. The van der Waals surface area contributed by atoms with Crippen molar-refractivity contribution in [3.8, 4) is 0 Å². The van der Waals surface area contributed by atoms with Crippen LogP contribution in [0.4, 0.5) is 16.2 Å². The first-order valence-corrected chi connectivity index (χ1v) is 6.55. The van der Waals surface area contributed by atoms with E-state index in [1.54, 1.807) is 23.1 Å². The highest BCUT2D eigenvalue weighted by atomic mass is 16.2. The minimum Gasteiger partial charge on any atom is -0.351 e. The van der Waals surface area contributed by atoms with Crippen LogP contribution < -0.4 is 16.0 Å². The van der Waals surface area contributed by atoms with Gasteiger partial charge in [-0.05, 0) is 23.8 Å². The number of hydrogen-bond acceptors (Lipinski definition) is 2. The molecule has 2 aromatic carbocycles. The molecule has 3 amide bonds. The van der Waals surface area contributed by atoms with Gasteiger partial charge in [-0.1, -0.05) is 36.4 Å². The lowest BCUT2D eigenvalue weighted by Gasteiger charge is -2.22. The lowest BCUT2D eigenvalue weighted by molar-refractivity contribution is -0.116. The largest absolute Gasteiger partial charge is 0.351 e. The van der Waals surface area contributed by atoms with Gasteiger partial charge in [-0.25, -0.2) is 4.79 Å². The summed E-state index contributed by atoms with van der Waals surface area (Å²) in [4.78, 5) is 24.4. The van der Waals surface area contributed by atoms with E-state index in [4.69, 9.17) is 5.73 Å². The molecule has 3 N–H and O–H groups in total. The molecule has 0 unspecified atom stereocenters. The van der Waals surface area contributed by atoms with Crippen LogP contribution in [0.2, 0.25) is 0 Å². The minimum absolute atomic E-state index is 0.0740. The molecule has 0 radical (unpaired) electrons. The molecule has 5 nitrogen and oxygen atoms in total. The van der Waals surface area contributed by atoms with Crippen LogP contribution in [0.25, 0.3) is 0 Å². The molecule has 5 heteroatoms. The number of carbonyl (C=O) groups excluding carboxylic acids is 2. The molecule has 0 saturated heterocycles. The van der Waals surface area contributed by atoms with Crippen molar-refractivity contribution in [1.82, 2.24) is 0 Å². The third-order valence-electron chi connectivity index (χ3n) is 2.99. The zero-order valence-corrected chi connectivity index (χ0v) is 11.7. The van der Waals surface area contributed by atoms with E-state index in [0.717, 1.165) is 5.56 Å². The Morgan fingerprint density at radius 2 is 1.81 bits per heavy atom. The number of anilines is 2. The Balaban J connectivity index is 2.26. The Morgan fingerprint density at radius 3 is 2.43 bits per heavy atom. The second-order valence-electron chi connectivity index (χ2n) is 4.63. The van der Waals surface area contributed by atoms with Crippen molar-refractivity contribution >= 4 is 23.3 Å². The first kappa shape index (κ1) is 14.6. The molecule has 0 bridgehead atoms. The van der Waals surface area contributed by atoms with Crippen LogP contribution in [0.1, 0.15) is 12.5 Å². The summed E-state index contributed by atoms with van der Waals surface area (Å²) in [7, 11) is 0. The standard InChI is InChI=1S/C16H17N3O2/c1-12(20)19(11-13-6-3-2-4-7-13)15-9-5-8-14(10-15)18-16(17)21/h2-10H,11H2,1H3,(H3,17,18,21). The number of primary amides is 1. The van der Waals surface area contributed by atoms with Gasteiger partial charge in [-0.2, -0.15) is 0 Å². The first-order chi connectivity index (χ1) is 10.1. The third-order valence-corrected chi connectivity index (χ3v) is 2.99. The summed E-state index contributed by atoms with van der Waals surface area (Å²) in [6.45, 7) is 1.98. The summed E-state index contributed by atoms with van der Waals surface area (Å²) in [5.41, 5.74) is 7.39. The number of urea groups is 1. The van der Waals surface area contributed by atoms with Crippen molar-refractivity contribution in [3.63, 3.8) is 0 Å². The number of carbonyl (C=O) groups is 2. The summed E-state index contributed by atoms with van der Waals surface area (Å²) in [6, 6.07) is 16.1. The van der Waals surface area contributed by atoms with E-state index in [0.29, 0.717) is 17.9 Å². The SMILES string of the molecule is CC(=O)N(Cc1ccccc1)c1cccc(NC(N)=O)c1. The van der Waals surface area contributed by atoms with Crippen LogP contribution in [0.3, 0.4) is 0 Å². The van der Waals surface area contributed by atoms with Crippen molar-refractivity contribution in [2.24, 2.45) is 5.73 Å². The normalized spacial score (nSPS) is 9.95. The van der Waals surface area contributed by atoms with Gasteiger partial charge >= 0.3 is 6.03 Å². The molecule has 0 aliphatic carbocycles. The third kappa shape index (κ3) is 4.07. The molecule has 0 spiro atoms. The van der Waals surface area contributed by atoms with Crippen LogP contribution in [-0.4, -0.2) is 11.9 Å². The average Bonchev–Trinajstić information content (AvgIpc) is 2.45. The van der Waals surface area contributed by atoms with Crippen LogP contribution in [0.15, 0.2) is 54.6 Å².